The van der Waals surface area contributed by atoms with E-state index >= 15 is 0 Å². The topological polar surface area (TPSA) is 117 Å². The number of pyridine rings is 1. The first-order valence-electron chi connectivity index (χ1n) is 10.0. The van der Waals surface area contributed by atoms with Crippen molar-refractivity contribution in [2.24, 2.45) is 5.73 Å². The normalized spacial score (nSPS) is 18.1. The Morgan fingerprint density at radius 2 is 2.09 bits per heavy atom. The van der Waals surface area contributed by atoms with E-state index in [9.17, 15) is 18.0 Å². The van der Waals surface area contributed by atoms with E-state index in [2.05, 4.69) is 20.1 Å². The number of nitrogens with two attached hydrogens (primary N) is 1. The van der Waals surface area contributed by atoms with Gasteiger partial charge >= 0.3 is 6.18 Å². The van der Waals surface area contributed by atoms with Crippen LogP contribution in [0.5, 0.6) is 5.75 Å². The lowest BCUT2D eigenvalue weighted by Crippen LogP contribution is -2.40. The Balaban J connectivity index is 1.51. The Bertz CT molecular complexity index is 1170. The minimum absolute atomic E-state index is 0.0244. The van der Waals surface area contributed by atoms with Gasteiger partial charge in [0.05, 0.1) is 12.1 Å². The fourth-order valence-corrected chi connectivity index (χ4v) is 4.12. The minimum Gasteiger partial charge on any atom is -0.491 e. The third kappa shape index (κ3) is 3.63. The lowest BCUT2D eigenvalue weighted by atomic mass is 10.2. The van der Waals surface area contributed by atoms with Crippen molar-refractivity contribution in [3.05, 3.63) is 24.8 Å². The summed E-state index contributed by atoms with van der Waals surface area (Å²) in [4.78, 5) is 26.6. The Labute approximate surface area is 179 Å². The minimum atomic E-state index is -4.43. The second-order valence-corrected chi connectivity index (χ2v) is 7.64. The fraction of sp³-hybridized carbons (Fsp3) is 0.421. The standard InChI is InChI=1S/C19H19F3N8O2/c20-19(21,22)9-30-18(25-10-26-30)12-8-28-4-5-32-14-6-15(24-7-11(14)17(28)27-12)29-3-1-2-13(29)16(23)31/h6-8,10,13H,1-5,9H2,(H2,23,31). The number of ether oxygens (including phenoxy) is 1. The number of carbonyl (C=O) groups is 1. The first kappa shape index (κ1) is 20.3. The molecule has 2 N–H and O–H groups in total. The molecule has 1 atom stereocenters. The van der Waals surface area contributed by atoms with Crippen LogP contribution >= 0.6 is 0 Å². The molecule has 3 aromatic rings. The second-order valence-electron chi connectivity index (χ2n) is 7.64. The summed E-state index contributed by atoms with van der Waals surface area (Å²) in [6.45, 7) is 0.167. The van der Waals surface area contributed by atoms with Crippen LogP contribution in [0.1, 0.15) is 12.8 Å². The quantitative estimate of drug-likeness (QED) is 0.645. The Morgan fingerprint density at radius 1 is 1.25 bits per heavy atom. The number of primary amides is 1. The first-order chi connectivity index (χ1) is 15.3. The van der Waals surface area contributed by atoms with E-state index in [4.69, 9.17) is 10.5 Å². The van der Waals surface area contributed by atoms with Crippen molar-refractivity contribution >= 4 is 11.7 Å². The maximum atomic E-state index is 12.9. The third-order valence-electron chi connectivity index (χ3n) is 5.51. The number of amides is 1. The molecule has 2 aliphatic rings. The zero-order chi connectivity index (χ0) is 22.5. The van der Waals surface area contributed by atoms with E-state index in [1.165, 1.54) is 0 Å². The summed E-state index contributed by atoms with van der Waals surface area (Å²) in [5.41, 5.74) is 6.38. The molecule has 1 unspecified atom stereocenters. The molecule has 1 saturated heterocycles. The molecule has 0 radical (unpaired) electrons. The van der Waals surface area contributed by atoms with Crippen LogP contribution in [0.25, 0.3) is 22.9 Å². The highest BCUT2D eigenvalue weighted by Crippen LogP contribution is 2.36. The van der Waals surface area contributed by atoms with Crippen LogP contribution in [0.15, 0.2) is 24.8 Å². The lowest BCUT2D eigenvalue weighted by molar-refractivity contribution is -0.142. The molecular formula is C19H19F3N8O2. The highest BCUT2D eigenvalue weighted by molar-refractivity contribution is 5.84. The van der Waals surface area contributed by atoms with Gasteiger partial charge in [0.1, 0.15) is 48.6 Å². The average Bonchev–Trinajstić information content (AvgIpc) is 3.44. The zero-order valence-corrected chi connectivity index (χ0v) is 16.8. The molecule has 0 aliphatic carbocycles. The summed E-state index contributed by atoms with van der Waals surface area (Å²) < 4.78 is 47.0. The third-order valence-corrected chi connectivity index (χ3v) is 5.51. The summed E-state index contributed by atoms with van der Waals surface area (Å²) in [5.74, 6) is 1.23. The van der Waals surface area contributed by atoms with Crippen molar-refractivity contribution in [1.29, 1.82) is 0 Å². The highest BCUT2D eigenvalue weighted by Gasteiger charge is 2.32. The Kier molecular flexibility index (Phi) is 4.75. The molecule has 5 heterocycles. The van der Waals surface area contributed by atoms with Gasteiger partial charge in [-0.05, 0) is 12.8 Å². The molecule has 10 nitrogen and oxygen atoms in total. The van der Waals surface area contributed by atoms with Crippen LogP contribution in [0.3, 0.4) is 0 Å². The van der Waals surface area contributed by atoms with Crippen molar-refractivity contribution < 1.29 is 22.7 Å². The van der Waals surface area contributed by atoms with E-state index in [-0.39, 0.29) is 11.5 Å². The zero-order valence-electron chi connectivity index (χ0n) is 16.8. The molecule has 168 valence electrons. The number of anilines is 1. The van der Waals surface area contributed by atoms with Gasteiger partial charge in [0, 0.05) is 25.0 Å². The van der Waals surface area contributed by atoms with Gasteiger partial charge in [0.2, 0.25) is 5.91 Å². The predicted octanol–water partition coefficient (Wildman–Crippen LogP) is 1.61. The number of alkyl halides is 3. The second kappa shape index (κ2) is 7.50. The van der Waals surface area contributed by atoms with Gasteiger partial charge < -0.3 is 19.9 Å². The molecule has 1 amide bonds. The number of hydrogen-bond donors (Lipinski definition) is 1. The highest BCUT2D eigenvalue weighted by atomic mass is 19.4. The van der Waals surface area contributed by atoms with E-state index < -0.39 is 24.7 Å². The van der Waals surface area contributed by atoms with Crippen molar-refractivity contribution in [1.82, 2.24) is 29.3 Å². The summed E-state index contributed by atoms with van der Waals surface area (Å²) in [5, 5.41) is 3.68. The number of hydrogen-bond acceptors (Lipinski definition) is 7. The van der Waals surface area contributed by atoms with Crippen LogP contribution in [0.4, 0.5) is 19.0 Å². The van der Waals surface area contributed by atoms with Crippen LogP contribution in [-0.4, -0.2) is 60.6 Å². The molecule has 0 saturated carbocycles. The van der Waals surface area contributed by atoms with Gasteiger partial charge in [-0.25, -0.2) is 19.6 Å². The van der Waals surface area contributed by atoms with Crippen LogP contribution in [-0.2, 0) is 17.9 Å². The van der Waals surface area contributed by atoms with Crippen LogP contribution < -0.4 is 15.4 Å². The largest absolute Gasteiger partial charge is 0.491 e. The van der Waals surface area contributed by atoms with Gasteiger partial charge in [-0.2, -0.15) is 18.3 Å². The van der Waals surface area contributed by atoms with Gasteiger partial charge in [-0.3, -0.25) is 4.79 Å². The van der Waals surface area contributed by atoms with Crippen LogP contribution in [0.2, 0.25) is 0 Å². The van der Waals surface area contributed by atoms with Gasteiger partial charge in [0.25, 0.3) is 0 Å². The molecule has 5 rings (SSSR count). The molecular weight excluding hydrogens is 429 g/mol. The maximum Gasteiger partial charge on any atom is 0.408 e. The number of rotatable bonds is 4. The van der Waals surface area contributed by atoms with Crippen molar-refractivity contribution in [3.8, 4) is 28.7 Å². The summed E-state index contributed by atoms with van der Waals surface area (Å²) >= 11 is 0. The Hall–Kier alpha value is -3.64. The Morgan fingerprint density at radius 3 is 2.88 bits per heavy atom. The number of imidazole rings is 1. The van der Waals surface area contributed by atoms with Gasteiger partial charge in [-0.1, -0.05) is 0 Å². The average molecular weight is 448 g/mol. The molecule has 0 aromatic carbocycles. The number of aromatic nitrogens is 6. The maximum absolute atomic E-state index is 12.9. The molecule has 2 aliphatic heterocycles. The van der Waals surface area contributed by atoms with Crippen molar-refractivity contribution in [2.45, 2.75) is 38.1 Å². The van der Waals surface area contributed by atoms with Crippen molar-refractivity contribution in [3.63, 3.8) is 0 Å². The van der Waals surface area contributed by atoms with E-state index in [1.54, 1.807) is 23.0 Å². The first-order valence-corrected chi connectivity index (χ1v) is 10.0. The summed E-state index contributed by atoms with van der Waals surface area (Å²) in [6.07, 6.45) is 1.36. The van der Waals surface area contributed by atoms with E-state index in [1.807, 2.05) is 4.90 Å². The summed E-state index contributed by atoms with van der Waals surface area (Å²) in [7, 11) is 0. The monoisotopic (exact) mass is 448 g/mol. The number of halogens is 3. The van der Waals surface area contributed by atoms with Gasteiger partial charge in [0.15, 0.2) is 5.82 Å². The number of carbonyl (C=O) groups excluding carboxylic acids is 1. The molecule has 3 aromatic heterocycles. The molecule has 0 bridgehead atoms. The predicted molar refractivity (Wildman–Crippen MR) is 106 cm³/mol. The van der Waals surface area contributed by atoms with Crippen molar-refractivity contribution in [2.75, 3.05) is 18.1 Å². The molecule has 1 fully saturated rings. The molecule has 0 spiro atoms. The molecule has 32 heavy (non-hydrogen) atoms. The van der Waals surface area contributed by atoms with Gasteiger partial charge in [-0.15, -0.1) is 0 Å². The molecule has 13 heteroatoms. The van der Waals surface area contributed by atoms with Crippen LogP contribution in [0, 0.1) is 0 Å². The van der Waals surface area contributed by atoms with E-state index in [0.717, 1.165) is 17.4 Å². The smallest absolute Gasteiger partial charge is 0.408 e. The summed E-state index contributed by atoms with van der Waals surface area (Å²) in [6, 6.07) is 1.33. The van der Waals surface area contributed by atoms with E-state index in [0.29, 0.717) is 49.1 Å². The lowest BCUT2D eigenvalue weighted by Gasteiger charge is -2.23. The fourth-order valence-electron chi connectivity index (χ4n) is 4.12. The number of nitrogens with zero attached hydrogens (tertiary/aromatic N) is 7. The number of fused-ring (bicyclic) bond motifs is 3. The SMILES string of the molecule is NC(=O)C1CCCN1c1cc2c(cn1)-c1nc(-c3ncnn3CC(F)(F)F)cn1CCO2.